The molecule has 1 heterocycles. The van der Waals surface area contributed by atoms with E-state index in [4.69, 9.17) is 9.84 Å². The lowest BCUT2D eigenvalue weighted by Crippen LogP contribution is -2.45. The number of nitrogens with zero attached hydrogens (tertiary/aromatic N) is 1. The highest BCUT2D eigenvalue weighted by Gasteiger charge is 2.15. The number of aliphatic hydroxyl groups excluding tert-OH is 1. The fourth-order valence-corrected chi connectivity index (χ4v) is 1.96. The summed E-state index contributed by atoms with van der Waals surface area (Å²) >= 11 is 0. The number of rotatable bonds is 2. The van der Waals surface area contributed by atoms with E-state index in [1.165, 1.54) is 0 Å². The summed E-state index contributed by atoms with van der Waals surface area (Å²) in [7, 11) is 0. The van der Waals surface area contributed by atoms with Gasteiger partial charge in [-0.2, -0.15) is 0 Å². The zero-order valence-electron chi connectivity index (χ0n) is 11.3. The first-order valence-corrected chi connectivity index (χ1v) is 6.59. The average Bonchev–Trinajstić information content (AvgIpc) is 2.52. The van der Waals surface area contributed by atoms with Gasteiger partial charge >= 0.3 is 6.03 Å². The predicted octanol–water partition coefficient (Wildman–Crippen LogP) is 0.572. The first kappa shape index (κ1) is 14.4. The largest absolute Gasteiger partial charge is 0.384 e. The Morgan fingerprint density at radius 1 is 1.40 bits per heavy atom. The molecule has 20 heavy (non-hydrogen) atoms. The summed E-state index contributed by atoms with van der Waals surface area (Å²) in [6, 6.07) is 7.53. The molecule has 106 valence electrons. The lowest BCUT2D eigenvalue weighted by atomic mass is 10.1. The van der Waals surface area contributed by atoms with Gasteiger partial charge in [0.15, 0.2) is 0 Å². The fraction of sp³-hybridized carbons (Fsp3) is 0.400. The zero-order valence-corrected chi connectivity index (χ0v) is 11.3. The van der Waals surface area contributed by atoms with Crippen molar-refractivity contribution in [1.29, 1.82) is 0 Å². The minimum Gasteiger partial charge on any atom is -0.384 e. The molecule has 5 heteroatoms. The minimum absolute atomic E-state index is 0.0693. The summed E-state index contributed by atoms with van der Waals surface area (Å²) in [5, 5.41) is 11.6. The van der Waals surface area contributed by atoms with Crippen LogP contribution in [0.15, 0.2) is 24.3 Å². The van der Waals surface area contributed by atoms with Crippen molar-refractivity contribution in [2.45, 2.75) is 6.54 Å². The van der Waals surface area contributed by atoms with Crippen LogP contribution in [0, 0.1) is 11.8 Å². The van der Waals surface area contributed by atoms with E-state index in [0.29, 0.717) is 32.8 Å². The van der Waals surface area contributed by atoms with E-state index in [9.17, 15) is 4.79 Å². The second kappa shape index (κ2) is 7.53. The summed E-state index contributed by atoms with van der Waals surface area (Å²) in [5.41, 5.74) is 1.81. The number of hydrogen-bond acceptors (Lipinski definition) is 3. The highest BCUT2D eigenvalue weighted by molar-refractivity contribution is 5.74. The van der Waals surface area contributed by atoms with Crippen molar-refractivity contribution in [3.8, 4) is 11.8 Å². The van der Waals surface area contributed by atoms with Crippen molar-refractivity contribution < 1.29 is 14.6 Å². The molecule has 2 N–H and O–H groups in total. The molecule has 0 aliphatic carbocycles. The summed E-state index contributed by atoms with van der Waals surface area (Å²) in [6.45, 7) is 2.77. The Morgan fingerprint density at radius 2 is 2.20 bits per heavy atom. The lowest BCUT2D eigenvalue weighted by Gasteiger charge is -2.26. The summed E-state index contributed by atoms with van der Waals surface area (Å²) in [4.78, 5) is 13.7. The van der Waals surface area contributed by atoms with Crippen LogP contribution in [-0.4, -0.2) is 48.9 Å². The summed E-state index contributed by atoms with van der Waals surface area (Å²) < 4.78 is 5.21. The lowest BCUT2D eigenvalue weighted by molar-refractivity contribution is 0.0531. The molecule has 1 aromatic carbocycles. The smallest absolute Gasteiger partial charge is 0.317 e. The number of hydrogen-bond donors (Lipinski definition) is 2. The molecule has 2 amide bonds. The molecular weight excluding hydrogens is 256 g/mol. The van der Waals surface area contributed by atoms with Crippen LogP contribution in [-0.2, 0) is 11.3 Å². The minimum atomic E-state index is -0.155. The molecule has 5 nitrogen and oxygen atoms in total. The van der Waals surface area contributed by atoms with Crippen LogP contribution < -0.4 is 5.32 Å². The highest BCUT2D eigenvalue weighted by Crippen LogP contribution is 2.04. The van der Waals surface area contributed by atoms with Crippen LogP contribution >= 0.6 is 0 Å². The molecule has 1 aromatic rings. The molecule has 1 aliphatic rings. The molecule has 1 fully saturated rings. The molecule has 0 spiro atoms. The molecule has 1 saturated heterocycles. The van der Waals surface area contributed by atoms with Crippen LogP contribution in [0.2, 0.25) is 0 Å². The maximum atomic E-state index is 11.9. The van der Waals surface area contributed by atoms with Gasteiger partial charge in [0.1, 0.15) is 6.61 Å². The fourth-order valence-electron chi connectivity index (χ4n) is 1.96. The van der Waals surface area contributed by atoms with E-state index in [1.807, 2.05) is 24.3 Å². The van der Waals surface area contributed by atoms with E-state index in [2.05, 4.69) is 17.2 Å². The van der Waals surface area contributed by atoms with Crippen molar-refractivity contribution in [2.24, 2.45) is 0 Å². The van der Waals surface area contributed by atoms with Gasteiger partial charge in [0.2, 0.25) is 0 Å². The van der Waals surface area contributed by atoms with Gasteiger partial charge in [0, 0.05) is 25.2 Å². The van der Waals surface area contributed by atoms with Crippen LogP contribution in [0.5, 0.6) is 0 Å². The van der Waals surface area contributed by atoms with Crippen molar-refractivity contribution >= 4 is 6.03 Å². The molecule has 0 radical (unpaired) electrons. The van der Waals surface area contributed by atoms with Gasteiger partial charge in [-0.1, -0.05) is 24.0 Å². The molecular formula is C15H18N2O3. The van der Waals surface area contributed by atoms with Gasteiger partial charge in [-0.3, -0.25) is 0 Å². The van der Waals surface area contributed by atoms with E-state index >= 15 is 0 Å². The topological polar surface area (TPSA) is 61.8 Å². The third kappa shape index (κ3) is 4.26. The summed E-state index contributed by atoms with van der Waals surface area (Å²) in [5.74, 6) is 5.45. The Bertz CT molecular complexity index is 513. The molecule has 1 aliphatic heterocycles. The first-order chi connectivity index (χ1) is 9.79. The Morgan fingerprint density at radius 3 is 2.95 bits per heavy atom. The van der Waals surface area contributed by atoms with E-state index in [0.717, 1.165) is 11.1 Å². The van der Waals surface area contributed by atoms with Crippen LogP contribution in [0.25, 0.3) is 0 Å². The van der Waals surface area contributed by atoms with E-state index in [-0.39, 0.29) is 12.6 Å². The van der Waals surface area contributed by atoms with Gasteiger partial charge in [-0.15, -0.1) is 0 Å². The molecule has 0 saturated carbocycles. The molecule has 0 bridgehead atoms. The maximum absolute atomic E-state index is 11.9. The molecule has 0 atom stereocenters. The number of ether oxygens (including phenoxy) is 1. The quantitative estimate of drug-likeness (QED) is 0.775. The van der Waals surface area contributed by atoms with Crippen molar-refractivity contribution in [2.75, 3.05) is 32.9 Å². The normalized spacial score (nSPS) is 14.3. The monoisotopic (exact) mass is 274 g/mol. The average molecular weight is 274 g/mol. The number of carbonyl (C=O) groups is 1. The predicted molar refractivity (Wildman–Crippen MR) is 75.0 cm³/mol. The Balaban J connectivity index is 1.88. The Hall–Kier alpha value is -2.03. The second-order valence-electron chi connectivity index (χ2n) is 4.42. The highest BCUT2D eigenvalue weighted by atomic mass is 16.5. The number of morpholine rings is 1. The van der Waals surface area contributed by atoms with Crippen molar-refractivity contribution in [3.05, 3.63) is 35.4 Å². The zero-order chi connectivity index (χ0) is 14.2. The third-order valence-corrected chi connectivity index (χ3v) is 2.98. The van der Waals surface area contributed by atoms with Gasteiger partial charge in [-0.05, 0) is 17.7 Å². The van der Waals surface area contributed by atoms with Gasteiger partial charge in [-0.25, -0.2) is 4.79 Å². The van der Waals surface area contributed by atoms with Crippen molar-refractivity contribution in [1.82, 2.24) is 10.2 Å². The van der Waals surface area contributed by atoms with Crippen LogP contribution in [0.1, 0.15) is 11.1 Å². The number of carbonyl (C=O) groups excluding carboxylic acids is 1. The summed E-state index contributed by atoms with van der Waals surface area (Å²) in [6.07, 6.45) is 0. The van der Waals surface area contributed by atoms with E-state index < -0.39 is 0 Å². The molecule has 0 aromatic heterocycles. The van der Waals surface area contributed by atoms with Crippen molar-refractivity contribution in [3.63, 3.8) is 0 Å². The number of urea groups is 1. The van der Waals surface area contributed by atoms with Crippen LogP contribution in [0.4, 0.5) is 4.79 Å². The Labute approximate surface area is 118 Å². The number of amides is 2. The SMILES string of the molecule is O=C(NCc1cccc(C#CCO)c1)N1CCOCC1. The molecule has 2 rings (SSSR count). The maximum Gasteiger partial charge on any atom is 0.317 e. The second-order valence-corrected chi connectivity index (χ2v) is 4.42. The van der Waals surface area contributed by atoms with Crippen LogP contribution in [0.3, 0.4) is 0 Å². The molecule has 0 unspecified atom stereocenters. The van der Waals surface area contributed by atoms with E-state index in [1.54, 1.807) is 4.90 Å². The number of benzene rings is 1. The Kier molecular flexibility index (Phi) is 5.42. The van der Waals surface area contributed by atoms with Gasteiger partial charge in [0.05, 0.1) is 13.2 Å². The number of aliphatic hydroxyl groups is 1. The first-order valence-electron chi connectivity index (χ1n) is 6.59. The van der Waals surface area contributed by atoms with Gasteiger partial charge in [0.25, 0.3) is 0 Å². The van der Waals surface area contributed by atoms with Gasteiger partial charge < -0.3 is 20.1 Å². The third-order valence-electron chi connectivity index (χ3n) is 2.98. The number of nitrogens with one attached hydrogen (secondary N) is 1. The standard InChI is InChI=1S/C15H18N2O3/c18-8-2-5-13-3-1-4-14(11-13)12-16-15(19)17-6-9-20-10-7-17/h1,3-4,11,18H,6-10,12H2,(H,16,19).